The number of hydrogen-bond acceptors (Lipinski definition) is 5. The average Bonchev–Trinajstić information content (AvgIpc) is 2.75. The fraction of sp³-hybridized carbons (Fsp3) is 0.625. The summed E-state index contributed by atoms with van der Waals surface area (Å²) in [5.74, 6) is -3.20. The van der Waals surface area contributed by atoms with E-state index in [-0.39, 0.29) is 23.7 Å². The lowest BCUT2D eigenvalue weighted by Gasteiger charge is -2.27. The molecule has 5 amide bonds. The fourth-order valence-electron chi connectivity index (χ4n) is 3.27. The number of urea groups is 1. The zero-order valence-electron chi connectivity index (χ0n) is 21.3. The van der Waals surface area contributed by atoms with E-state index in [0.29, 0.717) is 13.0 Å². The van der Waals surface area contributed by atoms with Crippen LogP contribution in [0.15, 0.2) is 24.3 Å². The van der Waals surface area contributed by atoms with Gasteiger partial charge < -0.3 is 31.7 Å². The van der Waals surface area contributed by atoms with Gasteiger partial charge in [-0.05, 0) is 24.2 Å². The Morgan fingerprint density at radius 3 is 2.11 bits per heavy atom. The number of carbonyl (C=O) groups is 5. The minimum atomic E-state index is -1.18. The molecular weight excluding hydrogens is 454 g/mol. The third kappa shape index (κ3) is 10.2. The van der Waals surface area contributed by atoms with Crippen LogP contribution in [0.5, 0.6) is 0 Å². The molecule has 0 aromatic heterocycles. The van der Waals surface area contributed by atoms with E-state index in [1.165, 1.54) is 6.08 Å². The van der Waals surface area contributed by atoms with Crippen molar-refractivity contribution in [3.63, 3.8) is 0 Å². The highest BCUT2D eigenvalue weighted by atomic mass is 16.4. The summed E-state index contributed by atoms with van der Waals surface area (Å²) in [4.78, 5) is 61.7. The molecular formula is C24H39N5O6. The summed E-state index contributed by atoms with van der Waals surface area (Å²) in [5, 5.41) is 22.4. The maximum Gasteiger partial charge on any atom is 0.326 e. The van der Waals surface area contributed by atoms with Crippen LogP contribution in [-0.2, 0) is 19.2 Å². The van der Waals surface area contributed by atoms with Crippen LogP contribution in [0.25, 0.3) is 0 Å². The van der Waals surface area contributed by atoms with Crippen LogP contribution in [0.2, 0.25) is 0 Å². The van der Waals surface area contributed by atoms with Gasteiger partial charge in [-0.25, -0.2) is 9.59 Å². The van der Waals surface area contributed by atoms with Gasteiger partial charge in [-0.2, -0.15) is 0 Å². The van der Waals surface area contributed by atoms with Gasteiger partial charge in [-0.15, -0.1) is 0 Å². The summed E-state index contributed by atoms with van der Waals surface area (Å²) in [5.41, 5.74) is 0. The number of carboxylic acids is 1. The Kier molecular flexibility index (Phi) is 12.0. The van der Waals surface area contributed by atoms with Gasteiger partial charge in [-0.1, -0.05) is 59.8 Å². The molecule has 0 spiro atoms. The predicted molar refractivity (Wildman–Crippen MR) is 131 cm³/mol. The molecule has 196 valence electrons. The van der Waals surface area contributed by atoms with E-state index < -0.39 is 48.0 Å². The Morgan fingerprint density at radius 1 is 0.971 bits per heavy atom. The van der Waals surface area contributed by atoms with Crippen LogP contribution in [0.4, 0.5) is 4.79 Å². The molecule has 6 N–H and O–H groups in total. The quantitative estimate of drug-likeness (QED) is 0.272. The number of amides is 5. The molecule has 0 aromatic carbocycles. The van der Waals surface area contributed by atoms with Crippen molar-refractivity contribution in [2.75, 3.05) is 6.54 Å². The van der Waals surface area contributed by atoms with Crippen molar-refractivity contribution in [3.05, 3.63) is 24.3 Å². The number of nitrogens with one attached hydrogen (secondary N) is 5. The van der Waals surface area contributed by atoms with Crippen molar-refractivity contribution in [3.8, 4) is 0 Å². The molecule has 0 aliphatic carbocycles. The minimum absolute atomic E-state index is 0.0109. The highest BCUT2D eigenvalue weighted by Gasteiger charge is 2.30. The second-order valence-electron chi connectivity index (χ2n) is 9.53. The van der Waals surface area contributed by atoms with Gasteiger partial charge in [0.05, 0.1) is 0 Å². The Bertz CT molecular complexity index is 836. The van der Waals surface area contributed by atoms with Crippen LogP contribution in [0, 0.1) is 17.8 Å². The second-order valence-corrected chi connectivity index (χ2v) is 9.53. The van der Waals surface area contributed by atoms with Crippen molar-refractivity contribution in [2.45, 2.75) is 72.1 Å². The summed E-state index contributed by atoms with van der Waals surface area (Å²) in [6.45, 7) is 10.9. The molecule has 1 rings (SSSR count). The fourth-order valence-corrected chi connectivity index (χ4v) is 3.27. The molecule has 4 atom stereocenters. The van der Waals surface area contributed by atoms with E-state index in [4.69, 9.17) is 0 Å². The molecule has 11 nitrogen and oxygen atoms in total. The monoisotopic (exact) mass is 493 g/mol. The van der Waals surface area contributed by atoms with Gasteiger partial charge in [0.15, 0.2) is 0 Å². The Hall–Kier alpha value is -3.37. The molecule has 35 heavy (non-hydrogen) atoms. The topological polar surface area (TPSA) is 166 Å². The van der Waals surface area contributed by atoms with Gasteiger partial charge >= 0.3 is 12.0 Å². The van der Waals surface area contributed by atoms with Crippen LogP contribution < -0.4 is 26.6 Å². The maximum absolute atomic E-state index is 13.1. The number of carboxylic acid groups (broad SMARTS) is 1. The summed E-state index contributed by atoms with van der Waals surface area (Å²) < 4.78 is 0. The van der Waals surface area contributed by atoms with Gasteiger partial charge in [0.25, 0.3) is 0 Å². The van der Waals surface area contributed by atoms with Crippen molar-refractivity contribution >= 4 is 29.7 Å². The van der Waals surface area contributed by atoms with E-state index in [2.05, 4.69) is 26.6 Å². The van der Waals surface area contributed by atoms with E-state index in [0.717, 1.165) is 0 Å². The van der Waals surface area contributed by atoms with Gasteiger partial charge in [0.2, 0.25) is 17.7 Å². The van der Waals surface area contributed by atoms with E-state index in [1.54, 1.807) is 45.9 Å². The predicted octanol–water partition coefficient (Wildman–Crippen LogP) is 0.677. The Labute approximate surface area is 206 Å². The average molecular weight is 494 g/mol. The van der Waals surface area contributed by atoms with Crippen LogP contribution >= 0.6 is 0 Å². The summed E-state index contributed by atoms with van der Waals surface area (Å²) >= 11 is 0. The van der Waals surface area contributed by atoms with Gasteiger partial charge in [-0.3, -0.25) is 14.4 Å². The molecule has 0 fully saturated rings. The first-order valence-electron chi connectivity index (χ1n) is 11.9. The second kappa shape index (κ2) is 14.1. The Morgan fingerprint density at radius 2 is 1.57 bits per heavy atom. The lowest BCUT2D eigenvalue weighted by Crippen LogP contribution is -2.58. The molecule has 0 saturated heterocycles. The van der Waals surface area contributed by atoms with Crippen LogP contribution in [0.1, 0.15) is 48.0 Å². The Balaban J connectivity index is 3.01. The third-order valence-corrected chi connectivity index (χ3v) is 5.46. The number of rotatable bonds is 8. The number of carbonyl (C=O) groups excluding carboxylic acids is 4. The third-order valence-electron chi connectivity index (χ3n) is 5.46. The molecule has 1 aliphatic rings. The lowest BCUT2D eigenvalue weighted by atomic mass is 10.0. The minimum Gasteiger partial charge on any atom is -0.480 e. The lowest BCUT2D eigenvalue weighted by molar-refractivity contribution is -0.140. The smallest absolute Gasteiger partial charge is 0.326 e. The molecule has 11 heteroatoms. The van der Waals surface area contributed by atoms with Crippen molar-refractivity contribution < 1.29 is 29.1 Å². The van der Waals surface area contributed by atoms with Crippen LogP contribution in [-0.4, -0.2) is 65.5 Å². The highest BCUT2D eigenvalue weighted by molar-refractivity contribution is 5.94. The first kappa shape index (κ1) is 29.7. The zero-order valence-corrected chi connectivity index (χ0v) is 21.3. The normalized spacial score (nSPS) is 22.7. The SMILES string of the molecule is CC(C)C1/C=C\C(=O)NCC/C=C\C(NC(=O)C(NC(=O)NC(C(=O)O)C(C)C)C(C)C)C(=O)N1. The molecule has 0 saturated carbocycles. The number of hydrogen-bond donors (Lipinski definition) is 6. The zero-order chi connectivity index (χ0) is 26.7. The molecule has 1 heterocycles. The summed E-state index contributed by atoms with van der Waals surface area (Å²) in [6, 6.07) is -4.37. The molecule has 0 aromatic rings. The maximum atomic E-state index is 13.1. The van der Waals surface area contributed by atoms with Gasteiger partial charge in [0.1, 0.15) is 18.1 Å². The molecule has 1 aliphatic heterocycles. The first-order valence-corrected chi connectivity index (χ1v) is 11.9. The first-order chi connectivity index (χ1) is 16.3. The summed E-state index contributed by atoms with van der Waals surface area (Å²) in [6.07, 6.45) is 6.66. The molecule has 0 radical (unpaired) electrons. The molecule has 4 unspecified atom stereocenters. The van der Waals surface area contributed by atoms with Crippen molar-refractivity contribution in [2.24, 2.45) is 17.8 Å². The van der Waals surface area contributed by atoms with E-state index >= 15 is 0 Å². The van der Waals surface area contributed by atoms with E-state index in [1.807, 2.05) is 13.8 Å². The highest BCUT2D eigenvalue weighted by Crippen LogP contribution is 2.08. The van der Waals surface area contributed by atoms with Crippen LogP contribution in [0.3, 0.4) is 0 Å². The van der Waals surface area contributed by atoms with Crippen molar-refractivity contribution in [1.82, 2.24) is 26.6 Å². The summed E-state index contributed by atoms with van der Waals surface area (Å²) in [7, 11) is 0. The van der Waals surface area contributed by atoms with Crippen molar-refractivity contribution in [1.29, 1.82) is 0 Å². The standard InChI is InChI=1S/C24H39N5O6/c1-13(2)16-10-11-18(30)25-12-8-7-9-17(21(31)26-16)27-22(32)19(14(3)4)28-24(35)29-20(15(5)6)23(33)34/h7,9-11,13-17,19-20H,8,12H2,1-6H3,(H,25,30)(H,26,31)(H,27,32)(H,33,34)(H2,28,29,35)/b9-7-,11-10-. The van der Waals surface area contributed by atoms with Gasteiger partial charge in [0, 0.05) is 18.7 Å². The largest absolute Gasteiger partial charge is 0.480 e. The number of aliphatic carboxylic acids is 1. The van der Waals surface area contributed by atoms with E-state index in [9.17, 15) is 29.1 Å². The molecule has 0 bridgehead atoms.